The van der Waals surface area contributed by atoms with Crippen molar-refractivity contribution in [1.29, 1.82) is 0 Å². The minimum atomic E-state index is 0.802. The van der Waals surface area contributed by atoms with Crippen molar-refractivity contribution >= 4 is 22.2 Å². The van der Waals surface area contributed by atoms with E-state index in [1.807, 2.05) is 12.1 Å². The molecule has 28 heavy (non-hydrogen) atoms. The summed E-state index contributed by atoms with van der Waals surface area (Å²) in [7, 11) is 0. The van der Waals surface area contributed by atoms with Crippen molar-refractivity contribution in [2.45, 2.75) is 52.0 Å². The molecule has 1 aromatic carbocycles. The fourth-order valence-electron chi connectivity index (χ4n) is 3.26. The molecule has 0 spiro atoms. The van der Waals surface area contributed by atoms with E-state index in [1.54, 1.807) is 11.3 Å². The second-order valence-electron chi connectivity index (χ2n) is 7.30. The third-order valence-electron chi connectivity index (χ3n) is 4.91. The predicted octanol–water partition coefficient (Wildman–Crippen LogP) is 5.46. The molecule has 0 atom stereocenters. The van der Waals surface area contributed by atoms with Crippen LogP contribution in [-0.4, -0.2) is 42.8 Å². The van der Waals surface area contributed by atoms with Crippen LogP contribution in [-0.2, 0) is 11.3 Å². The maximum absolute atomic E-state index is 5.85. The van der Waals surface area contributed by atoms with Crippen molar-refractivity contribution < 1.29 is 9.47 Å². The van der Waals surface area contributed by atoms with Crippen LogP contribution in [0.3, 0.4) is 0 Å². The lowest BCUT2D eigenvalue weighted by atomic mass is 10.1. The first-order valence-electron chi connectivity index (χ1n) is 10.6. The highest BCUT2D eigenvalue weighted by Crippen LogP contribution is 2.24. The molecule has 1 saturated heterocycles. The molecule has 0 saturated carbocycles. The van der Waals surface area contributed by atoms with Gasteiger partial charge in [0.15, 0.2) is 5.13 Å². The molecular formula is C22H33N3O2S. The Bertz CT molecular complexity index is 669. The first-order chi connectivity index (χ1) is 13.8. The van der Waals surface area contributed by atoms with E-state index in [9.17, 15) is 0 Å². The largest absolute Gasteiger partial charge is 0.494 e. The predicted molar refractivity (Wildman–Crippen MR) is 117 cm³/mol. The summed E-state index contributed by atoms with van der Waals surface area (Å²) in [5.74, 6) is 0.936. The van der Waals surface area contributed by atoms with Gasteiger partial charge in [-0.2, -0.15) is 0 Å². The lowest BCUT2D eigenvalue weighted by Crippen LogP contribution is -2.35. The van der Waals surface area contributed by atoms with Gasteiger partial charge in [-0.1, -0.05) is 39.0 Å². The fourth-order valence-corrected chi connectivity index (χ4v) is 3.98. The Morgan fingerprint density at radius 2 is 1.82 bits per heavy atom. The molecule has 154 valence electrons. The molecular weight excluding hydrogens is 370 g/mol. The molecule has 0 radical (unpaired) electrons. The summed E-state index contributed by atoms with van der Waals surface area (Å²) >= 11 is 1.65. The first-order valence-corrected chi connectivity index (χ1v) is 11.5. The molecule has 2 aromatic rings. The van der Waals surface area contributed by atoms with E-state index >= 15 is 0 Å². The summed E-state index contributed by atoms with van der Waals surface area (Å²) in [6.45, 7) is 7.57. The zero-order valence-corrected chi connectivity index (χ0v) is 17.8. The molecule has 2 heterocycles. The minimum Gasteiger partial charge on any atom is -0.494 e. The lowest BCUT2D eigenvalue weighted by molar-refractivity contribution is 0.0337. The minimum absolute atomic E-state index is 0.802. The van der Waals surface area contributed by atoms with Gasteiger partial charge in [0, 0.05) is 30.7 Å². The van der Waals surface area contributed by atoms with Crippen LogP contribution in [0.1, 0.15) is 51.1 Å². The topological polar surface area (TPSA) is 46.6 Å². The number of thiazole rings is 1. The Labute approximate surface area is 173 Å². The maximum atomic E-state index is 5.85. The van der Waals surface area contributed by atoms with Crippen molar-refractivity contribution in [2.24, 2.45) is 0 Å². The number of nitrogens with one attached hydrogen (secondary N) is 1. The van der Waals surface area contributed by atoms with Gasteiger partial charge in [-0.3, -0.25) is 4.90 Å². The molecule has 0 aliphatic carbocycles. The monoisotopic (exact) mass is 403 g/mol. The van der Waals surface area contributed by atoms with E-state index in [4.69, 9.17) is 14.5 Å². The van der Waals surface area contributed by atoms with Crippen LogP contribution >= 0.6 is 11.3 Å². The lowest BCUT2D eigenvalue weighted by Gasteiger charge is -2.25. The zero-order valence-electron chi connectivity index (χ0n) is 17.0. The van der Waals surface area contributed by atoms with E-state index in [0.717, 1.165) is 68.1 Å². The van der Waals surface area contributed by atoms with E-state index in [2.05, 4.69) is 34.7 Å². The average molecular weight is 404 g/mol. The third kappa shape index (κ3) is 7.41. The summed E-state index contributed by atoms with van der Waals surface area (Å²) < 4.78 is 11.2. The number of hydrogen-bond acceptors (Lipinski definition) is 6. The summed E-state index contributed by atoms with van der Waals surface area (Å²) in [4.78, 5) is 7.09. The van der Waals surface area contributed by atoms with Crippen molar-refractivity contribution in [1.82, 2.24) is 9.88 Å². The molecule has 0 bridgehead atoms. The molecule has 1 aromatic heterocycles. The van der Waals surface area contributed by atoms with Gasteiger partial charge in [0.1, 0.15) is 5.75 Å². The molecule has 1 fully saturated rings. The summed E-state index contributed by atoms with van der Waals surface area (Å²) in [6, 6.07) is 8.17. The van der Waals surface area contributed by atoms with Crippen LogP contribution in [0.25, 0.3) is 0 Å². The smallest absolute Gasteiger partial charge is 0.187 e. The summed E-state index contributed by atoms with van der Waals surface area (Å²) in [6.07, 6.45) is 7.71. The van der Waals surface area contributed by atoms with Gasteiger partial charge in [-0.15, -0.1) is 11.3 Å². The van der Waals surface area contributed by atoms with Crippen LogP contribution in [0.4, 0.5) is 10.8 Å². The second kappa shape index (κ2) is 12.0. The normalized spacial score (nSPS) is 14.9. The van der Waals surface area contributed by atoms with Crippen LogP contribution in [0.15, 0.2) is 29.6 Å². The third-order valence-corrected chi connectivity index (χ3v) is 5.72. The Morgan fingerprint density at radius 1 is 1.07 bits per heavy atom. The highest BCUT2D eigenvalue weighted by atomic mass is 32.1. The summed E-state index contributed by atoms with van der Waals surface area (Å²) in [5, 5.41) is 6.46. The van der Waals surface area contributed by atoms with E-state index in [1.165, 1.54) is 32.1 Å². The van der Waals surface area contributed by atoms with E-state index < -0.39 is 0 Å². The molecule has 0 amide bonds. The van der Waals surface area contributed by atoms with Gasteiger partial charge in [-0.25, -0.2) is 4.98 Å². The van der Waals surface area contributed by atoms with Crippen molar-refractivity contribution in [3.63, 3.8) is 0 Å². The number of unbranched alkanes of at least 4 members (excludes halogenated alkanes) is 5. The van der Waals surface area contributed by atoms with Crippen LogP contribution in [0, 0.1) is 0 Å². The van der Waals surface area contributed by atoms with Gasteiger partial charge < -0.3 is 14.8 Å². The van der Waals surface area contributed by atoms with Crippen molar-refractivity contribution in [2.75, 3.05) is 38.2 Å². The number of anilines is 2. The Hall–Kier alpha value is -1.63. The van der Waals surface area contributed by atoms with Crippen LogP contribution < -0.4 is 10.1 Å². The second-order valence-corrected chi connectivity index (χ2v) is 8.16. The van der Waals surface area contributed by atoms with E-state index in [-0.39, 0.29) is 0 Å². The van der Waals surface area contributed by atoms with Gasteiger partial charge in [-0.05, 0) is 30.7 Å². The number of aromatic nitrogens is 1. The highest BCUT2D eigenvalue weighted by Gasteiger charge is 2.12. The molecule has 1 aliphatic heterocycles. The first kappa shape index (κ1) is 21.1. The van der Waals surface area contributed by atoms with E-state index in [0.29, 0.717) is 0 Å². The Balaban J connectivity index is 1.37. The Kier molecular flexibility index (Phi) is 9.07. The standard InChI is InChI=1S/C22H33N3O2S/c1-2-3-4-5-6-7-14-27-21-10-8-19(9-11-21)23-22-24-20(18-28-22)17-25-12-15-26-16-13-25/h8-11,18H,2-7,12-17H2,1H3,(H,23,24). The van der Waals surface area contributed by atoms with Gasteiger partial charge in [0.2, 0.25) is 0 Å². The molecule has 5 nitrogen and oxygen atoms in total. The number of rotatable bonds is 12. The molecule has 3 rings (SSSR count). The van der Waals surface area contributed by atoms with Crippen molar-refractivity contribution in [3.8, 4) is 5.75 Å². The molecule has 0 unspecified atom stereocenters. The number of ether oxygens (including phenoxy) is 2. The van der Waals surface area contributed by atoms with Gasteiger partial charge >= 0.3 is 0 Å². The van der Waals surface area contributed by atoms with Crippen molar-refractivity contribution in [3.05, 3.63) is 35.3 Å². The van der Waals surface area contributed by atoms with Crippen LogP contribution in [0.5, 0.6) is 5.75 Å². The summed E-state index contributed by atoms with van der Waals surface area (Å²) in [5.41, 5.74) is 2.16. The fraction of sp³-hybridized carbons (Fsp3) is 0.591. The van der Waals surface area contributed by atoms with Crippen LogP contribution in [0.2, 0.25) is 0 Å². The number of hydrogen-bond donors (Lipinski definition) is 1. The van der Waals surface area contributed by atoms with Gasteiger partial charge in [0.05, 0.1) is 25.5 Å². The zero-order chi connectivity index (χ0) is 19.4. The maximum Gasteiger partial charge on any atom is 0.187 e. The molecule has 6 heteroatoms. The average Bonchev–Trinajstić information content (AvgIpc) is 3.16. The molecule has 1 N–H and O–H groups in total. The van der Waals surface area contributed by atoms with Gasteiger partial charge in [0.25, 0.3) is 0 Å². The SMILES string of the molecule is CCCCCCCCOc1ccc(Nc2nc(CN3CCOCC3)cs2)cc1. The quantitative estimate of drug-likeness (QED) is 0.477. The number of morpholine rings is 1. The Morgan fingerprint density at radius 3 is 2.61 bits per heavy atom. The molecule has 1 aliphatic rings. The highest BCUT2D eigenvalue weighted by molar-refractivity contribution is 7.13. The number of nitrogens with zero attached hydrogens (tertiary/aromatic N) is 2. The number of benzene rings is 1.